The summed E-state index contributed by atoms with van der Waals surface area (Å²) in [5.41, 5.74) is 0.713. The van der Waals surface area contributed by atoms with Gasteiger partial charge in [0.25, 0.3) is 0 Å². The second-order valence-electron chi connectivity index (χ2n) is 4.04. The average Bonchev–Trinajstić information content (AvgIpc) is 3.17. The highest BCUT2D eigenvalue weighted by atomic mass is 16.6. The van der Waals surface area contributed by atoms with Gasteiger partial charge in [0.15, 0.2) is 0 Å². The molecule has 1 unspecified atom stereocenters. The van der Waals surface area contributed by atoms with Crippen LogP contribution in [0.4, 0.5) is 0 Å². The third-order valence-electron chi connectivity index (χ3n) is 2.07. The molecule has 19 heavy (non-hydrogen) atoms. The molecule has 0 saturated carbocycles. The fourth-order valence-electron chi connectivity index (χ4n) is 0.824. The summed E-state index contributed by atoms with van der Waals surface area (Å²) in [6.45, 7) is 7.64. The molecule has 1 saturated heterocycles. The third-order valence-corrected chi connectivity index (χ3v) is 2.07. The first-order chi connectivity index (χ1) is 8.88. The normalized spacial score (nSPS) is 17.0. The van der Waals surface area contributed by atoms with E-state index in [0.29, 0.717) is 25.2 Å². The quantitative estimate of drug-likeness (QED) is 0.424. The molecule has 1 aliphatic heterocycles. The molecule has 108 valence electrons. The SMILES string of the molecule is C=C(C)C(=O)OCC1CO1.CC(=CCCO)C(=O)O. The van der Waals surface area contributed by atoms with E-state index in [1.54, 1.807) is 6.92 Å². The number of carboxylic acids is 1. The van der Waals surface area contributed by atoms with Crippen molar-refractivity contribution in [1.82, 2.24) is 0 Å². The molecule has 1 fully saturated rings. The van der Waals surface area contributed by atoms with Gasteiger partial charge in [0, 0.05) is 17.8 Å². The number of aliphatic hydroxyl groups is 1. The van der Waals surface area contributed by atoms with Crippen LogP contribution in [0, 0.1) is 0 Å². The Balaban J connectivity index is 0.000000344. The van der Waals surface area contributed by atoms with Gasteiger partial charge in [-0.15, -0.1) is 0 Å². The zero-order valence-electron chi connectivity index (χ0n) is 11.2. The molecule has 0 aromatic carbocycles. The Morgan fingerprint density at radius 3 is 2.42 bits per heavy atom. The monoisotopic (exact) mass is 272 g/mol. The molecule has 1 heterocycles. The summed E-state index contributed by atoms with van der Waals surface area (Å²) in [6.07, 6.45) is 2.05. The fraction of sp³-hybridized carbons (Fsp3) is 0.538. The summed E-state index contributed by atoms with van der Waals surface area (Å²) < 4.78 is 9.60. The number of carbonyl (C=O) groups excluding carboxylic acids is 1. The Bertz CT molecular complexity index is 354. The number of aliphatic carboxylic acids is 1. The summed E-state index contributed by atoms with van der Waals surface area (Å²) in [5, 5.41) is 16.5. The third kappa shape index (κ3) is 9.99. The number of hydrogen-bond donors (Lipinski definition) is 2. The number of hydrogen-bond acceptors (Lipinski definition) is 5. The van der Waals surface area contributed by atoms with E-state index in [9.17, 15) is 9.59 Å². The van der Waals surface area contributed by atoms with Crippen molar-refractivity contribution in [3.05, 3.63) is 23.8 Å². The zero-order valence-corrected chi connectivity index (χ0v) is 11.2. The minimum Gasteiger partial charge on any atom is -0.478 e. The molecule has 0 aromatic rings. The van der Waals surface area contributed by atoms with Crippen LogP contribution in [-0.2, 0) is 19.1 Å². The van der Waals surface area contributed by atoms with Crippen molar-refractivity contribution in [2.75, 3.05) is 19.8 Å². The van der Waals surface area contributed by atoms with Crippen LogP contribution in [0.25, 0.3) is 0 Å². The van der Waals surface area contributed by atoms with Crippen molar-refractivity contribution in [1.29, 1.82) is 0 Å². The topological polar surface area (TPSA) is 96.4 Å². The maximum Gasteiger partial charge on any atom is 0.333 e. The largest absolute Gasteiger partial charge is 0.478 e. The Kier molecular flexibility index (Phi) is 8.48. The first-order valence-electron chi connectivity index (χ1n) is 5.83. The number of carbonyl (C=O) groups is 2. The van der Waals surface area contributed by atoms with Gasteiger partial charge < -0.3 is 19.7 Å². The average molecular weight is 272 g/mol. The van der Waals surface area contributed by atoms with E-state index in [1.807, 2.05) is 0 Å². The highest BCUT2D eigenvalue weighted by Gasteiger charge is 2.24. The molecule has 0 bridgehead atoms. The van der Waals surface area contributed by atoms with Gasteiger partial charge in [0.05, 0.1) is 6.61 Å². The van der Waals surface area contributed by atoms with Gasteiger partial charge >= 0.3 is 11.9 Å². The second kappa shape index (κ2) is 9.29. The summed E-state index contributed by atoms with van der Waals surface area (Å²) in [6, 6.07) is 0. The number of carboxylic acid groups (broad SMARTS) is 1. The lowest BCUT2D eigenvalue weighted by molar-refractivity contribution is -0.139. The highest BCUT2D eigenvalue weighted by molar-refractivity contribution is 5.87. The second-order valence-corrected chi connectivity index (χ2v) is 4.04. The maximum absolute atomic E-state index is 10.7. The summed E-state index contributed by atoms with van der Waals surface area (Å²) in [4.78, 5) is 20.8. The van der Waals surface area contributed by atoms with Gasteiger partial charge in [-0.3, -0.25) is 0 Å². The Morgan fingerprint density at radius 2 is 2.05 bits per heavy atom. The molecule has 0 amide bonds. The lowest BCUT2D eigenvalue weighted by atomic mass is 10.2. The molecular weight excluding hydrogens is 252 g/mol. The lowest BCUT2D eigenvalue weighted by Crippen LogP contribution is -2.09. The van der Waals surface area contributed by atoms with E-state index in [4.69, 9.17) is 19.7 Å². The van der Waals surface area contributed by atoms with Gasteiger partial charge in [-0.2, -0.15) is 0 Å². The summed E-state index contributed by atoms with van der Waals surface area (Å²) in [5.74, 6) is -1.26. The van der Waals surface area contributed by atoms with Crippen LogP contribution >= 0.6 is 0 Å². The first kappa shape index (κ1) is 17.3. The molecule has 6 nitrogen and oxygen atoms in total. The van der Waals surface area contributed by atoms with Crippen molar-refractivity contribution in [3.63, 3.8) is 0 Å². The molecule has 0 spiro atoms. The predicted octanol–water partition coefficient (Wildman–Crippen LogP) is 0.904. The van der Waals surface area contributed by atoms with Gasteiger partial charge in [-0.05, 0) is 20.3 Å². The smallest absolute Gasteiger partial charge is 0.333 e. The van der Waals surface area contributed by atoms with Gasteiger partial charge in [-0.25, -0.2) is 9.59 Å². The molecular formula is C13H20O6. The number of rotatable bonds is 6. The van der Waals surface area contributed by atoms with E-state index < -0.39 is 5.97 Å². The van der Waals surface area contributed by atoms with Crippen molar-refractivity contribution in [3.8, 4) is 0 Å². The molecule has 0 aliphatic carbocycles. The zero-order chi connectivity index (χ0) is 14.8. The Morgan fingerprint density at radius 1 is 1.47 bits per heavy atom. The van der Waals surface area contributed by atoms with Crippen molar-refractivity contribution in [2.24, 2.45) is 0 Å². The van der Waals surface area contributed by atoms with Crippen molar-refractivity contribution in [2.45, 2.75) is 26.4 Å². The van der Waals surface area contributed by atoms with Gasteiger partial charge in [-0.1, -0.05) is 12.7 Å². The Labute approximate surface area is 112 Å². The molecule has 0 radical (unpaired) electrons. The van der Waals surface area contributed by atoms with E-state index in [1.165, 1.54) is 13.0 Å². The van der Waals surface area contributed by atoms with Gasteiger partial charge in [0.1, 0.15) is 12.7 Å². The molecule has 0 aromatic heterocycles. The molecule has 2 N–H and O–H groups in total. The molecule has 1 aliphatic rings. The Hall–Kier alpha value is -1.66. The van der Waals surface area contributed by atoms with E-state index in [2.05, 4.69) is 6.58 Å². The minimum atomic E-state index is -0.927. The number of aliphatic hydroxyl groups excluding tert-OH is 1. The van der Waals surface area contributed by atoms with Crippen molar-refractivity contribution >= 4 is 11.9 Å². The minimum absolute atomic E-state index is 0.00458. The number of ether oxygens (including phenoxy) is 2. The summed E-state index contributed by atoms with van der Waals surface area (Å²) >= 11 is 0. The van der Waals surface area contributed by atoms with Crippen LogP contribution < -0.4 is 0 Å². The summed E-state index contributed by atoms with van der Waals surface area (Å²) in [7, 11) is 0. The van der Waals surface area contributed by atoms with Gasteiger partial charge in [0.2, 0.25) is 0 Å². The predicted molar refractivity (Wildman–Crippen MR) is 68.6 cm³/mol. The van der Waals surface area contributed by atoms with Crippen LogP contribution in [-0.4, -0.2) is 48.1 Å². The number of esters is 1. The van der Waals surface area contributed by atoms with Crippen LogP contribution in [0.1, 0.15) is 20.3 Å². The van der Waals surface area contributed by atoms with Crippen molar-refractivity contribution < 1.29 is 29.3 Å². The number of epoxide rings is 1. The van der Waals surface area contributed by atoms with E-state index in [0.717, 1.165) is 0 Å². The molecule has 1 atom stereocenters. The molecule has 6 heteroatoms. The van der Waals surface area contributed by atoms with Crippen LogP contribution in [0.2, 0.25) is 0 Å². The van der Waals surface area contributed by atoms with Crippen LogP contribution in [0.5, 0.6) is 0 Å². The standard InChI is InChI=1S/C7H10O3.C6H10O3/c1-5(2)7(8)10-4-6-3-9-6;1-5(6(8)9)3-2-4-7/h6H,1,3-4H2,2H3;3,7H,2,4H2,1H3,(H,8,9). The molecule has 1 rings (SSSR count). The van der Waals surface area contributed by atoms with Crippen LogP contribution in [0.15, 0.2) is 23.8 Å². The first-order valence-corrected chi connectivity index (χ1v) is 5.83. The lowest BCUT2D eigenvalue weighted by Gasteiger charge is -1.99. The fourth-order valence-corrected chi connectivity index (χ4v) is 0.824. The van der Waals surface area contributed by atoms with E-state index in [-0.39, 0.29) is 24.3 Å². The maximum atomic E-state index is 10.7. The highest BCUT2D eigenvalue weighted by Crippen LogP contribution is 2.09. The van der Waals surface area contributed by atoms with Crippen LogP contribution in [0.3, 0.4) is 0 Å². The van der Waals surface area contributed by atoms with E-state index >= 15 is 0 Å².